The van der Waals surface area contributed by atoms with Crippen LogP contribution >= 0.6 is 0 Å². The van der Waals surface area contributed by atoms with Crippen LogP contribution < -0.4 is 4.74 Å². The smallest absolute Gasteiger partial charge is 0.149 e. The minimum atomic E-state index is 0.414. The van der Waals surface area contributed by atoms with Crippen molar-refractivity contribution in [2.24, 2.45) is 0 Å². The summed E-state index contributed by atoms with van der Waals surface area (Å²) in [6.07, 6.45) is 0. The zero-order valence-corrected chi connectivity index (χ0v) is 10.7. The molecule has 18 heavy (non-hydrogen) atoms. The van der Waals surface area contributed by atoms with E-state index in [9.17, 15) is 0 Å². The van der Waals surface area contributed by atoms with Gasteiger partial charge >= 0.3 is 0 Å². The summed E-state index contributed by atoms with van der Waals surface area (Å²) in [6, 6.07) is 16.1. The molecule has 0 radical (unpaired) electrons. The highest BCUT2D eigenvalue weighted by Crippen LogP contribution is 2.15. The third-order valence-corrected chi connectivity index (χ3v) is 2.51. The van der Waals surface area contributed by atoms with E-state index < -0.39 is 0 Å². The fraction of sp³-hybridized carbons (Fsp3) is 0.176. The second-order valence-electron chi connectivity index (χ2n) is 4.28. The highest BCUT2D eigenvalue weighted by Gasteiger charge is 1.95. The summed E-state index contributed by atoms with van der Waals surface area (Å²) in [4.78, 5) is 0. The van der Waals surface area contributed by atoms with E-state index in [1.54, 1.807) is 0 Å². The molecule has 0 amide bonds. The van der Waals surface area contributed by atoms with Crippen LogP contribution in [-0.4, -0.2) is 6.61 Å². The Kier molecular flexibility index (Phi) is 4.04. The summed E-state index contributed by atoms with van der Waals surface area (Å²) in [7, 11) is 0. The molecule has 0 saturated heterocycles. The molecule has 2 aromatic rings. The van der Waals surface area contributed by atoms with Gasteiger partial charge in [0.1, 0.15) is 12.4 Å². The van der Waals surface area contributed by atoms with Crippen LogP contribution in [0.3, 0.4) is 0 Å². The van der Waals surface area contributed by atoms with Crippen LogP contribution in [0.5, 0.6) is 5.75 Å². The molecular weight excluding hydrogens is 220 g/mol. The molecule has 0 unspecified atom stereocenters. The summed E-state index contributed by atoms with van der Waals surface area (Å²) in [5.74, 6) is 6.97. The second-order valence-corrected chi connectivity index (χ2v) is 4.28. The van der Waals surface area contributed by atoms with Crippen molar-refractivity contribution in [3.8, 4) is 17.6 Å². The molecule has 1 heteroatoms. The second kappa shape index (κ2) is 5.93. The van der Waals surface area contributed by atoms with Gasteiger partial charge in [-0.05, 0) is 49.2 Å². The highest BCUT2D eigenvalue weighted by molar-refractivity contribution is 5.35. The topological polar surface area (TPSA) is 9.23 Å². The van der Waals surface area contributed by atoms with Crippen molar-refractivity contribution in [1.82, 2.24) is 0 Å². The lowest BCUT2D eigenvalue weighted by Crippen LogP contribution is -1.94. The minimum Gasteiger partial charge on any atom is -0.481 e. The Morgan fingerprint density at radius 3 is 2.28 bits per heavy atom. The van der Waals surface area contributed by atoms with Crippen LogP contribution in [0.25, 0.3) is 0 Å². The van der Waals surface area contributed by atoms with Crippen LogP contribution in [0.4, 0.5) is 0 Å². The zero-order valence-electron chi connectivity index (χ0n) is 10.7. The van der Waals surface area contributed by atoms with E-state index in [-0.39, 0.29) is 0 Å². The van der Waals surface area contributed by atoms with Crippen LogP contribution in [0, 0.1) is 25.7 Å². The SMILES string of the molecule is Cc1cc(C)cc(OCC#Cc2ccccc2)c1. The molecule has 90 valence electrons. The van der Waals surface area contributed by atoms with E-state index in [2.05, 4.69) is 31.8 Å². The molecule has 0 aliphatic carbocycles. The van der Waals surface area contributed by atoms with Crippen LogP contribution in [0.2, 0.25) is 0 Å². The minimum absolute atomic E-state index is 0.414. The van der Waals surface area contributed by atoms with E-state index in [1.165, 1.54) is 11.1 Å². The lowest BCUT2D eigenvalue weighted by atomic mass is 10.1. The van der Waals surface area contributed by atoms with Crippen molar-refractivity contribution in [3.05, 3.63) is 65.2 Å². The van der Waals surface area contributed by atoms with Crippen LogP contribution in [0.15, 0.2) is 48.5 Å². The normalized spacial score (nSPS) is 9.44. The molecule has 2 rings (SSSR count). The van der Waals surface area contributed by atoms with E-state index in [0.29, 0.717) is 6.61 Å². The maximum Gasteiger partial charge on any atom is 0.149 e. The molecular formula is C17H16O. The average molecular weight is 236 g/mol. The van der Waals surface area contributed by atoms with Gasteiger partial charge in [0.25, 0.3) is 0 Å². The fourth-order valence-corrected chi connectivity index (χ4v) is 1.80. The average Bonchev–Trinajstić information content (AvgIpc) is 2.35. The van der Waals surface area contributed by atoms with Gasteiger partial charge in [0.05, 0.1) is 0 Å². The molecule has 0 heterocycles. The number of ether oxygens (including phenoxy) is 1. The van der Waals surface area contributed by atoms with Gasteiger partial charge in [-0.15, -0.1) is 0 Å². The number of hydrogen-bond donors (Lipinski definition) is 0. The largest absolute Gasteiger partial charge is 0.481 e. The molecule has 0 aromatic heterocycles. The molecule has 0 spiro atoms. The third kappa shape index (κ3) is 3.68. The maximum absolute atomic E-state index is 5.62. The van der Waals surface area contributed by atoms with E-state index in [4.69, 9.17) is 4.74 Å². The van der Waals surface area contributed by atoms with Gasteiger partial charge in [-0.1, -0.05) is 36.1 Å². The molecule has 1 nitrogen and oxygen atoms in total. The molecule has 0 saturated carbocycles. The van der Waals surface area contributed by atoms with Gasteiger partial charge in [0.2, 0.25) is 0 Å². The first-order valence-electron chi connectivity index (χ1n) is 5.99. The molecule has 0 N–H and O–H groups in total. The van der Waals surface area contributed by atoms with Gasteiger partial charge in [0, 0.05) is 5.56 Å². The maximum atomic E-state index is 5.62. The predicted octanol–water partition coefficient (Wildman–Crippen LogP) is 3.73. The predicted molar refractivity (Wildman–Crippen MR) is 74.7 cm³/mol. The van der Waals surface area contributed by atoms with Crippen molar-refractivity contribution < 1.29 is 4.74 Å². The molecule has 0 aliphatic heterocycles. The summed E-state index contributed by atoms with van der Waals surface area (Å²) in [6.45, 7) is 4.54. The van der Waals surface area contributed by atoms with E-state index in [0.717, 1.165) is 11.3 Å². The van der Waals surface area contributed by atoms with Crippen LogP contribution in [0.1, 0.15) is 16.7 Å². The standard InChI is InChI=1S/C17H16O/c1-14-11-15(2)13-17(12-14)18-10-6-9-16-7-4-3-5-8-16/h3-5,7-8,11-13H,10H2,1-2H3. The molecule has 0 atom stereocenters. The monoisotopic (exact) mass is 236 g/mol. The van der Waals surface area contributed by atoms with Crippen molar-refractivity contribution in [2.75, 3.05) is 6.61 Å². The Labute approximate surface area is 108 Å². The van der Waals surface area contributed by atoms with Gasteiger partial charge in [-0.3, -0.25) is 0 Å². The first-order chi connectivity index (χ1) is 8.74. The Hall–Kier alpha value is -2.20. The van der Waals surface area contributed by atoms with Crippen LogP contribution in [-0.2, 0) is 0 Å². The van der Waals surface area contributed by atoms with Gasteiger partial charge in [-0.25, -0.2) is 0 Å². The van der Waals surface area contributed by atoms with Gasteiger partial charge in [0.15, 0.2) is 0 Å². The summed E-state index contributed by atoms with van der Waals surface area (Å²) >= 11 is 0. The summed E-state index contributed by atoms with van der Waals surface area (Å²) in [5.41, 5.74) is 3.43. The van der Waals surface area contributed by atoms with Crippen molar-refractivity contribution >= 4 is 0 Å². The summed E-state index contributed by atoms with van der Waals surface area (Å²) in [5, 5.41) is 0. The third-order valence-electron chi connectivity index (χ3n) is 2.51. The Morgan fingerprint density at radius 2 is 1.61 bits per heavy atom. The fourth-order valence-electron chi connectivity index (χ4n) is 1.80. The van der Waals surface area contributed by atoms with E-state index >= 15 is 0 Å². The highest BCUT2D eigenvalue weighted by atomic mass is 16.5. The zero-order chi connectivity index (χ0) is 12.8. The van der Waals surface area contributed by atoms with Gasteiger partial charge < -0.3 is 4.74 Å². The van der Waals surface area contributed by atoms with Gasteiger partial charge in [-0.2, -0.15) is 0 Å². The Morgan fingerprint density at radius 1 is 0.944 bits per heavy atom. The summed E-state index contributed by atoms with van der Waals surface area (Å²) < 4.78 is 5.62. The van der Waals surface area contributed by atoms with E-state index in [1.807, 2.05) is 42.5 Å². The number of rotatable bonds is 2. The molecule has 0 fully saturated rings. The number of hydrogen-bond acceptors (Lipinski definition) is 1. The number of aryl methyl sites for hydroxylation is 2. The molecule has 2 aromatic carbocycles. The van der Waals surface area contributed by atoms with Crippen molar-refractivity contribution in [3.63, 3.8) is 0 Å². The molecule has 0 bridgehead atoms. The first kappa shape index (κ1) is 12.3. The van der Waals surface area contributed by atoms with Crippen molar-refractivity contribution in [2.45, 2.75) is 13.8 Å². The molecule has 0 aliphatic rings. The first-order valence-corrected chi connectivity index (χ1v) is 5.99. The lowest BCUT2D eigenvalue weighted by molar-refractivity contribution is 0.370. The Bertz CT molecular complexity index is 553. The lowest BCUT2D eigenvalue weighted by Gasteiger charge is -2.04. The quantitative estimate of drug-likeness (QED) is 0.722. The van der Waals surface area contributed by atoms with Crippen molar-refractivity contribution in [1.29, 1.82) is 0 Å². The number of benzene rings is 2. The Balaban J connectivity index is 1.95.